The normalized spacial score (nSPS) is 17.9. The van der Waals surface area contributed by atoms with Crippen LogP contribution in [0.25, 0.3) is 11.4 Å². The van der Waals surface area contributed by atoms with Gasteiger partial charge in [-0.2, -0.15) is 0 Å². The molecule has 0 radical (unpaired) electrons. The van der Waals surface area contributed by atoms with Crippen molar-refractivity contribution in [1.82, 2.24) is 25.1 Å². The van der Waals surface area contributed by atoms with Gasteiger partial charge in [0, 0.05) is 23.3 Å². The molecule has 0 unspecified atom stereocenters. The van der Waals surface area contributed by atoms with Crippen molar-refractivity contribution in [3.8, 4) is 17.1 Å². The third-order valence-corrected chi connectivity index (χ3v) is 7.98. The van der Waals surface area contributed by atoms with Crippen molar-refractivity contribution < 1.29 is 93.1 Å². The van der Waals surface area contributed by atoms with Gasteiger partial charge in [0.1, 0.15) is 28.5 Å². The molecule has 2 atom stereocenters. The Morgan fingerprint density at radius 3 is 2.74 bits per heavy atom. The van der Waals surface area contributed by atoms with Crippen LogP contribution in [0.15, 0.2) is 48.9 Å². The number of β-lactam (4-membered cyclic amide) rings is 1. The molecule has 0 aliphatic carbocycles. The van der Waals surface area contributed by atoms with E-state index in [2.05, 4.69) is 20.6 Å². The third kappa shape index (κ3) is 6.66. The van der Waals surface area contributed by atoms with Crippen LogP contribution in [-0.2, 0) is 25.8 Å². The Morgan fingerprint density at radius 2 is 2.07 bits per heavy atom. The first kappa shape index (κ1) is 33.9. The molecule has 0 saturated carbocycles. The van der Waals surface area contributed by atoms with Gasteiger partial charge in [0.25, 0.3) is 11.8 Å². The van der Waals surface area contributed by atoms with Gasteiger partial charge in [-0.1, -0.05) is 21.9 Å². The Morgan fingerprint density at radius 1 is 1.33 bits per heavy atom. The summed E-state index contributed by atoms with van der Waals surface area (Å²) in [6, 6.07) is 1.02. The maximum atomic E-state index is 13.1. The molecule has 208 valence electrons. The molecule has 21 heteroatoms. The fourth-order valence-electron chi connectivity index (χ4n) is 3.74. The molecule has 42 heavy (non-hydrogen) atoms. The zero-order valence-corrected chi connectivity index (χ0v) is 28.0. The van der Waals surface area contributed by atoms with Crippen LogP contribution >= 0.6 is 34.7 Å². The number of hydrogen-bond donors (Lipinski definition) is 3. The second-order valence-electron chi connectivity index (χ2n) is 8.10. The van der Waals surface area contributed by atoms with Crippen molar-refractivity contribution in [2.75, 3.05) is 11.5 Å². The number of nitrogens with zero attached hydrogens (tertiary/aromatic N) is 5. The third-order valence-electron chi connectivity index (χ3n) is 5.56. The number of aromatic nitrogens is 3. The number of anilines is 1. The number of carbonyl (C=O) groups is 3. The quantitative estimate of drug-likeness (QED) is 0.0888. The number of nitrogens with two attached hydrogens (primary N) is 1. The number of thiazole rings is 1. The maximum absolute atomic E-state index is 13.1. The summed E-state index contributed by atoms with van der Waals surface area (Å²) in [5.41, 5.74) is 3.88. The summed E-state index contributed by atoms with van der Waals surface area (Å²) in [5.74, 6) is -3.68. The average Bonchev–Trinajstić information content (AvgIpc) is 3.55. The number of fused-ring (bicyclic) bond motifs is 1. The second-order valence-corrected chi connectivity index (χ2v) is 10.5. The van der Waals surface area contributed by atoms with E-state index < -0.39 is 40.4 Å². The van der Waals surface area contributed by atoms with E-state index >= 15 is 0 Å². The first-order chi connectivity index (χ1) is 19.0. The van der Waals surface area contributed by atoms with E-state index in [1.54, 1.807) is 0 Å². The number of oxime groups is 1. The van der Waals surface area contributed by atoms with E-state index in [4.69, 9.17) is 26.7 Å². The molecule has 5 heterocycles. The SMILES string of the molecule is Nc1nc(/C(=N/OCc2cc(-c3cc(=O)c([O-])cn3[O-])no2)C(=O)N[C@@H]2C(=O)N3C(C(=O)O)=C(Cl)CS[C@H]23)cs1.[Na+].[Na+]. The molecule has 2 aliphatic heterocycles. The molecule has 0 bridgehead atoms. The monoisotopic (exact) mass is 653 g/mol. The second kappa shape index (κ2) is 13.8. The molecule has 16 nitrogen and oxygen atoms in total. The molecule has 2 aliphatic rings. The van der Waals surface area contributed by atoms with Gasteiger partial charge < -0.3 is 40.6 Å². The summed E-state index contributed by atoms with van der Waals surface area (Å²) >= 11 is 8.18. The molecule has 0 spiro atoms. The van der Waals surface area contributed by atoms with Gasteiger partial charge in [0.05, 0.1) is 10.7 Å². The van der Waals surface area contributed by atoms with Gasteiger partial charge in [0.2, 0.25) is 0 Å². The number of nitrogen functional groups attached to an aromatic ring is 1. The number of halogens is 1. The van der Waals surface area contributed by atoms with Gasteiger partial charge in [-0.3, -0.25) is 19.3 Å². The van der Waals surface area contributed by atoms with E-state index in [9.17, 15) is 34.6 Å². The van der Waals surface area contributed by atoms with E-state index in [1.165, 1.54) is 23.2 Å². The van der Waals surface area contributed by atoms with E-state index in [1.807, 2.05) is 0 Å². The number of pyridine rings is 1. The standard InChI is InChI=1S/C21H15ClN7O9S2.2Na/c22-8-5-39-19-15(18(33)29(19)16(8)20(34)35)25-17(32)14(10-6-40-21(23)24-10)27-37-4-7-1-9(26-38-7)11-2-12(30)13(31)3-28(11)36;;/h1-3,6,15,19,31H,4-5H2,(H2,23,24)(H,25,32)(H,34,35);;/q-1;2*+1/p-1/b27-14-;;/t15-,19-;;/m1../s1. The summed E-state index contributed by atoms with van der Waals surface area (Å²) in [6.07, 6.45) is 0.572. The predicted molar refractivity (Wildman–Crippen MR) is 138 cm³/mol. The van der Waals surface area contributed by atoms with Crippen LogP contribution in [0.2, 0.25) is 0 Å². The Kier molecular flexibility index (Phi) is 11.2. The van der Waals surface area contributed by atoms with Crippen molar-refractivity contribution in [1.29, 1.82) is 0 Å². The van der Waals surface area contributed by atoms with Crippen molar-refractivity contribution in [3.63, 3.8) is 0 Å². The number of carboxylic acid groups (broad SMARTS) is 1. The number of carbonyl (C=O) groups excluding carboxylic acids is 2. The molecule has 1 fully saturated rings. The van der Waals surface area contributed by atoms with Crippen molar-refractivity contribution >= 4 is 63.3 Å². The smallest absolute Gasteiger partial charge is 0.869 e. The van der Waals surface area contributed by atoms with E-state index in [-0.39, 0.29) is 121 Å². The van der Waals surface area contributed by atoms with Gasteiger partial charge in [0.15, 0.2) is 28.6 Å². The minimum absolute atomic E-state index is 0. The van der Waals surface area contributed by atoms with Crippen LogP contribution in [-0.4, -0.2) is 65.5 Å². The summed E-state index contributed by atoms with van der Waals surface area (Å²) in [4.78, 5) is 59.2. The van der Waals surface area contributed by atoms with Crippen molar-refractivity contribution in [2.24, 2.45) is 5.16 Å². The number of amides is 2. The van der Waals surface area contributed by atoms with Gasteiger partial charge in [-0.15, -0.1) is 23.1 Å². The molecule has 1 saturated heterocycles. The summed E-state index contributed by atoms with van der Waals surface area (Å²) in [7, 11) is 0. The first-order valence-electron chi connectivity index (χ1n) is 10.9. The fraction of sp³-hybridized carbons (Fsp3) is 0.190. The molecular formula is C21H14ClN7Na2O9S2. The topological polar surface area (TPSA) is 241 Å². The van der Waals surface area contributed by atoms with Crippen molar-refractivity contribution in [3.05, 3.63) is 61.3 Å². The number of rotatable bonds is 8. The molecule has 2 amide bonds. The largest absolute Gasteiger partial charge is 1.00 e. The molecule has 0 aromatic carbocycles. The molecule has 4 N–H and O–H groups in total. The van der Waals surface area contributed by atoms with Gasteiger partial charge >= 0.3 is 65.1 Å². The van der Waals surface area contributed by atoms with Crippen LogP contribution < -0.4 is 80.7 Å². The maximum Gasteiger partial charge on any atom is 1.00 e. The Balaban J connectivity index is 0.00000242. The average molecular weight is 654 g/mol. The van der Waals surface area contributed by atoms with Crippen LogP contribution in [0.1, 0.15) is 11.5 Å². The van der Waals surface area contributed by atoms with Gasteiger partial charge in [-0.25, -0.2) is 9.78 Å². The van der Waals surface area contributed by atoms with E-state index in [0.717, 1.165) is 22.3 Å². The van der Waals surface area contributed by atoms with Crippen LogP contribution in [0, 0.1) is 5.21 Å². The number of carboxylic acids is 1. The fourth-order valence-corrected chi connectivity index (χ4v) is 5.84. The number of aliphatic carboxylic acids is 1. The number of nitrogens with one attached hydrogen (secondary N) is 1. The number of hydrogen-bond acceptors (Lipinski definition) is 14. The van der Waals surface area contributed by atoms with Crippen molar-refractivity contribution in [2.45, 2.75) is 18.0 Å². The van der Waals surface area contributed by atoms with E-state index in [0.29, 0.717) is 6.20 Å². The Bertz CT molecular complexity index is 1680. The minimum Gasteiger partial charge on any atom is -0.869 e. The molecular weight excluding hydrogens is 640 g/mol. The van der Waals surface area contributed by atoms with Crippen LogP contribution in [0.5, 0.6) is 5.75 Å². The Labute approximate surface area is 292 Å². The summed E-state index contributed by atoms with van der Waals surface area (Å²) < 4.78 is 5.25. The Hall–Kier alpha value is -2.55. The zero-order valence-electron chi connectivity index (χ0n) is 21.6. The van der Waals surface area contributed by atoms with Gasteiger partial charge in [-0.05, 0) is 11.9 Å². The zero-order chi connectivity index (χ0) is 28.7. The molecule has 3 aromatic rings. The van der Waals surface area contributed by atoms with Crippen LogP contribution in [0.3, 0.4) is 0 Å². The van der Waals surface area contributed by atoms with Crippen LogP contribution in [0.4, 0.5) is 5.13 Å². The molecule has 3 aromatic heterocycles. The predicted octanol–water partition coefficient (Wildman–Crippen LogP) is -6.17. The summed E-state index contributed by atoms with van der Waals surface area (Å²) in [5, 5.41) is 43.6. The first-order valence-corrected chi connectivity index (χ1v) is 13.2. The summed E-state index contributed by atoms with van der Waals surface area (Å²) in [6.45, 7) is -0.383. The number of thioether (sulfide) groups is 1. The molecule has 5 rings (SSSR count). The minimum atomic E-state index is -1.36.